The third-order valence-electron chi connectivity index (χ3n) is 2.32. The summed E-state index contributed by atoms with van der Waals surface area (Å²) in [5.41, 5.74) is 0.731. The van der Waals surface area contributed by atoms with Crippen molar-refractivity contribution in [2.24, 2.45) is 0 Å². The second-order valence-electron chi connectivity index (χ2n) is 3.20. The molecule has 0 unspecified atom stereocenters. The van der Waals surface area contributed by atoms with Crippen LogP contribution in [-0.4, -0.2) is 25.8 Å². The van der Waals surface area contributed by atoms with Gasteiger partial charge >= 0.3 is 0 Å². The molecule has 0 aliphatic carbocycles. The zero-order chi connectivity index (χ0) is 11.0. The first-order valence-electron chi connectivity index (χ1n) is 4.40. The molecule has 5 heteroatoms. The van der Waals surface area contributed by atoms with Gasteiger partial charge in [-0.2, -0.15) is 0 Å². The fraction of sp³-hybridized carbons (Fsp3) is 0.300. The van der Waals surface area contributed by atoms with Crippen LogP contribution in [0.15, 0.2) is 17.0 Å². The first-order chi connectivity index (χ1) is 7.13. The van der Waals surface area contributed by atoms with Gasteiger partial charge in [0, 0.05) is 11.9 Å². The van der Waals surface area contributed by atoms with E-state index >= 15 is 0 Å². The number of amides is 1. The number of halogens is 1. The van der Waals surface area contributed by atoms with Crippen LogP contribution >= 0.6 is 23.4 Å². The molecular formula is C10H10ClNO2S. The van der Waals surface area contributed by atoms with Crippen LogP contribution in [0.4, 0.5) is 5.69 Å². The van der Waals surface area contributed by atoms with Gasteiger partial charge in [-0.3, -0.25) is 4.79 Å². The van der Waals surface area contributed by atoms with Crippen molar-refractivity contribution in [3.05, 3.63) is 17.2 Å². The van der Waals surface area contributed by atoms with E-state index in [1.54, 1.807) is 29.8 Å². The summed E-state index contributed by atoms with van der Waals surface area (Å²) in [6, 6.07) is 3.63. The Morgan fingerprint density at radius 1 is 1.53 bits per heavy atom. The first kappa shape index (κ1) is 10.6. The molecule has 0 radical (unpaired) electrons. The molecule has 1 amide bonds. The minimum absolute atomic E-state index is 0.0598. The number of anilines is 1. The number of likely N-dealkylation sites (N-methyl/N-ethyl adjacent to an activating group) is 1. The molecule has 1 aliphatic rings. The van der Waals surface area contributed by atoms with Crippen molar-refractivity contribution in [3.8, 4) is 5.75 Å². The van der Waals surface area contributed by atoms with E-state index in [2.05, 4.69) is 0 Å². The molecular weight excluding hydrogens is 234 g/mol. The lowest BCUT2D eigenvalue weighted by Crippen LogP contribution is -2.35. The van der Waals surface area contributed by atoms with E-state index in [0.717, 1.165) is 10.6 Å². The van der Waals surface area contributed by atoms with Crippen LogP contribution in [0.25, 0.3) is 0 Å². The first-order valence-corrected chi connectivity index (χ1v) is 6.00. The molecule has 3 nitrogen and oxygen atoms in total. The lowest BCUT2D eigenvalue weighted by molar-refractivity contribution is -0.120. The molecule has 0 bridgehead atoms. The molecule has 1 aliphatic heterocycles. The van der Waals surface area contributed by atoms with Gasteiger partial charge in [-0.15, -0.1) is 11.8 Å². The molecule has 1 aromatic rings. The predicted molar refractivity (Wildman–Crippen MR) is 62.1 cm³/mol. The quantitative estimate of drug-likeness (QED) is 0.710. The van der Waals surface area contributed by atoms with Gasteiger partial charge in [-0.25, -0.2) is 0 Å². The fourth-order valence-electron chi connectivity index (χ4n) is 1.43. The number of hydrogen-bond donors (Lipinski definition) is 0. The van der Waals surface area contributed by atoms with Gasteiger partial charge in [0.05, 0.1) is 10.7 Å². The van der Waals surface area contributed by atoms with Crippen molar-refractivity contribution < 1.29 is 9.53 Å². The highest BCUT2D eigenvalue weighted by atomic mass is 35.5. The van der Waals surface area contributed by atoms with Gasteiger partial charge in [0.15, 0.2) is 6.61 Å². The van der Waals surface area contributed by atoms with Crippen molar-refractivity contribution in [1.29, 1.82) is 0 Å². The van der Waals surface area contributed by atoms with Crippen molar-refractivity contribution in [2.75, 3.05) is 24.8 Å². The maximum Gasteiger partial charge on any atom is 0.264 e. The zero-order valence-corrected chi connectivity index (χ0v) is 9.98. The third kappa shape index (κ3) is 1.79. The minimum atomic E-state index is -0.0598. The molecule has 0 spiro atoms. The number of thioether (sulfide) groups is 1. The number of benzene rings is 1. The standard InChI is InChI=1S/C10H10ClNO2S/c1-12-7-3-6(11)9(15-2)4-8(7)14-5-10(12)13/h3-4H,5H2,1-2H3. The van der Waals surface area contributed by atoms with E-state index in [9.17, 15) is 4.79 Å². The van der Waals surface area contributed by atoms with Crippen LogP contribution in [0, 0.1) is 0 Å². The fourth-order valence-corrected chi connectivity index (χ4v) is 2.30. The number of fused-ring (bicyclic) bond motifs is 1. The van der Waals surface area contributed by atoms with Crippen molar-refractivity contribution in [3.63, 3.8) is 0 Å². The molecule has 80 valence electrons. The Labute approximate surface area is 97.3 Å². The number of carbonyl (C=O) groups is 1. The highest BCUT2D eigenvalue weighted by Gasteiger charge is 2.23. The topological polar surface area (TPSA) is 29.5 Å². The van der Waals surface area contributed by atoms with Crippen LogP contribution in [0.5, 0.6) is 5.75 Å². The van der Waals surface area contributed by atoms with Crippen molar-refractivity contribution >= 4 is 35.0 Å². The van der Waals surface area contributed by atoms with Crippen LogP contribution < -0.4 is 9.64 Å². The molecule has 0 saturated carbocycles. The number of carbonyl (C=O) groups excluding carboxylic acids is 1. The SMILES string of the molecule is CSc1cc2c(cc1Cl)N(C)C(=O)CO2. The summed E-state index contributed by atoms with van der Waals surface area (Å²) in [6.07, 6.45) is 1.95. The Balaban J connectivity index is 2.52. The van der Waals surface area contributed by atoms with E-state index in [1.807, 2.05) is 12.3 Å². The predicted octanol–water partition coefficient (Wildman–Crippen LogP) is 2.42. The van der Waals surface area contributed by atoms with E-state index in [0.29, 0.717) is 10.8 Å². The highest BCUT2D eigenvalue weighted by Crippen LogP contribution is 2.39. The number of rotatable bonds is 1. The van der Waals surface area contributed by atoms with Crippen LogP contribution in [0.1, 0.15) is 0 Å². The molecule has 0 fully saturated rings. The summed E-state index contributed by atoms with van der Waals surface area (Å²) in [7, 11) is 1.72. The molecule has 0 aromatic heterocycles. The molecule has 2 rings (SSSR count). The number of ether oxygens (including phenoxy) is 1. The molecule has 1 aromatic carbocycles. The monoisotopic (exact) mass is 243 g/mol. The Bertz CT molecular complexity index is 422. The van der Waals surface area contributed by atoms with Gasteiger partial charge < -0.3 is 9.64 Å². The van der Waals surface area contributed by atoms with Gasteiger partial charge in [0.1, 0.15) is 5.75 Å². The second kappa shape index (κ2) is 3.94. The number of hydrogen-bond acceptors (Lipinski definition) is 3. The van der Waals surface area contributed by atoms with Gasteiger partial charge in [0.25, 0.3) is 5.91 Å². The summed E-state index contributed by atoms with van der Waals surface area (Å²) >= 11 is 7.61. The Kier molecular flexibility index (Phi) is 2.80. The number of nitrogens with zero attached hydrogens (tertiary/aromatic N) is 1. The average molecular weight is 244 g/mol. The Morgan fingerprint density at radius 3 is 2.93 bits per heavy atom. The van der Waals surface area contributed by atoms with Crippen molar-refractivity contribution in [1.82, 2.24) is 0 Å². The average Bonchev–Trinajstić information content (AvgIpc) is 2.24. The van der Waals surface area contributed by atoms with E-state index < -0.39 is 0 Å². The lowest BCUT2D eigenvalue weighted by atomic mass is 10.2. The van der Waals surface area contributed by atoms with E-state index in [1.165, 1.54) is 0 Å². The van der Waals surface area contributed by atoms with E-state index in [4.69, 9.17) is 16.3 Å². The summed E-state index contributed by atoms with van der Waals surface area (Å²) < 4.78 is 5.34. The largest absolute Gasteiger partial charge is 0.482 e. The molecule has 0 atom stereocenters. The van der Waals surface area contributed by atoms with Crippen LogP contribution in [0.3, 0.4) is 0 Å². The maximum absolute atomic E-state index is 11.4. The molecule has 0 N–H and O–H groups in total. The Hall–Kier alpha value is -0.870. The Morgan fingerprint density at radius 2 is 2.27 bits per heavy atom. The van der Waals surface area contributed by atoms with Gasteiger partial charge in [0.2, 0.25) is 0 Å². The van der Waals surface area contributed by atoms with E-state index in [-0.39, 0.29) is 12.5 Å². The minimum Gasteiger partial charge on any atom is -0.482 e. The van der Waals surface area contributed by atoms with Crippen molar-refractivity contribution in [2.45, 2.75) is 4.90 Å². The van der Waals surface area contributed by atoms with Crippen LogP contribution in [-0.2, 0) is 4.79 Å². The summed E-state index contributed by atoms with van der Waals surface area (Å²) in [4.78, 5) is 13.9. The lowest BCUT2D eigenvalue weighted by Gasteiger charge is -2.26. The molecule has 0 saturated heterocycles. The van der Waals surface area contributed by atoms with Gasteiger partial charge in [-0.1, -0.05) is 11.6 Å². The third-order valence-corrected chi connectivity index (χ3v) is 3.52. The smallest absolute Gasteiger partial charge is 0.264 e. The summed E-state index contributed by atoms with van der Waals surface area (Å²) in [6.45, 7) is 0.0962. The zero-order valence-electron chi connectivity index (χ0n) is 8.41. The summed E-state index contributed by atoms with van der Waals surface area (Å²) in [5.74, 6) is 0.654. The van der Waals surface area contributed by atoms with Crippen LogP contribution in [0.2, 0.25) is 5.02 Å². The van der Waals surface area contributed by atoms with Gasteiger partial charge in [-0.05, 0) is 18.4 Å². The summed E-state index contributed by atoms with van der Waals surface area (Å²) in [5, 5.41) is 0.645. The normalized spacial score (nSPS) is 14.9. The highest BCUT2D eigenvalue weighted by molar-refractivity contribution is 7.98. The molecule has 1 heterocycles. The maximum atomic E-state index is 11.4. The molecule has 15 heavy (non-hydrogen) atoms. The second-order valence-corrected chi connectivity index (χ2v) is 4.45.